The summed E-state index contributed by atoms with van der Waals surface area (Å²) in [7, 11) is 0. The summed E-state index contributed by atoms with van der Waals surface area (Å²) in [5.74, 6) is 0.0524. The van der Waals surface area contributed by atoms with E-state index in [1.54, 1.807) is 0 Å². The molecule has 5 nitrogen and oxygen atoms in total. The molecule has 0 saturated carbocycles. The fourth-order valence-corrected chi connectivity index (χ4v) is 4.62. The van der Waals surface area contributed by atoms with E-state index in [0.717, 1.165) is 60.8 Å². The first kappa shape index (κ1) is 22.8. The maximum Gasteiger partial charge on any atom is 0.226 e. The summed E-state index contributed by atoms with van der Waals surface area (Å²) in [6.45, 7) is 5.21. The molecule has 0 unspecified atom stereocenters. The lowest BCUT2D eigenvalue weighted by Gasteiger charge is -2.36. The highest BCUT2D eigenvalue weighted by Crippen LogP contribution is 2.25. The molecule has 8 heteroatoms. The van der Waals surface area contributed by atoms with Crippen LogP contribution in [0.4, 0.5) is 10.8 Å². The predicted molar refractivity (Wildman–Crippen MR) is 129 cm³/mol. The fraction of sp³-hybridized carbons (Fsp3) is 0.364. The third kappa shape index (κ3) is 6.08. The lowest BCUT2D eigenvalue weighted by atomic mass is 10.2. The number of nitrogens with one attached hydrogen (secondary N) is 1. The summed E-state index contributed by atoms with van der Waals surface area (Å²) >= 11 is 7.50. The lowest BCUT2D eigenvalue weighted by molar-refractivity contribution is -0.116. The zero-order valence-electron chi connectivity index (χ0n) is 16.7. The number of carbonyl (C=O) groups excluding carboxylic acids is 1. The number of anilines is 2. The molecule has 0 atom stereocenters. The van der Waals surface area contributed by atoms with Crippen LogP contribution in [0, 0.1) is 0 Å². The van der Waals surface area contributed by atoms with E-state index in [1.165, 1.54) is 17.0 Å². The van der Waals surface area contributed by atoms with E-state index in [1.807, 2.05) is 36.4 Å². The quantitative estimate of drug-likeness (QED) is 0.481. The van der Waals surface area contributed by atoms with Crippen molar-refractivity contribution >= 4 is 62.3 Å². The van der Waals surface area contributed by atoms with Gasteiger partial charge in [0.1, 0.15) is 0 Å². The maximum atomic E-state index is 12.2. The van der Waals surface area contributed by atoms with Crippen molar-refractivity contribution in [3.63, 3.8) is 0 Å². The number of hydrogen-bond acceptors (Lipinski definition) is 5. The SMILES string of the molecule is Cl.O=C(CCCCN1CCN(c2ccc(Cl)cc2)CC1)Nc1nc2ccccc2s1. The normalized spacial score (nSPS) is 14.5. The Balaban J connectivity index is 0.00000256. The van der Waals surface area contributed by atoms with Gasteiger partial charge in [-0.3, -0.25) is 9.69 Å². The Kier molecular flexibility index (Phi) is 8.33. The second-order valence-electron chi connectivity index (χ2n) is 7.30. The van der Waals surface area contributed by atoms with E-state index in [0.29, 0.717) is 11.6 Å². The molecule has 1 fully saturated rings. The van der Waals surface area contributed by atoms with Gasteiger partial charge >= 0.3 is 0 Å². The van der Waals surface area contributed by atoms with Crippen molar-refractivity contribution in [3.8, 4) is 0 Å². The van der Waals surface area contributed by atoms with Crippen LogP contribution in [0.2, 0.25) is 5.02 Å². The molecule has 3 aromatic rings. The summed E-state index contributed by atoms with van der Waals surface area (Å²) < 4.78 is 1.10. The monoisotopic (exact) mass is 464 g/mol. The summed E-state index contributed by atoms with van der Waals surface area (Å²) in [4.78, 5) is 21.5. The van der Waals surface area contributed by atoms with E-state index in [-0.39, 0.29) is 18.3 Å². The molecule has 0 spiro atoms. The van der Waals surface area contributed by atoms with Gasteiger partial charge in [-0.2, -0.15) is 0 Å². The van der Waals surface area contributed by atoms with Crippen LogP contribution in [-0.2, 0) is 4.79 Å². The van der Waals surface area contributed by atoms with Gasteiger partial charge in [0.05, 0.1) is 10.2 Å². The van der Waals surface area contributed by atoms with Crippen LogP contribution >= 0.6 is 35.3 Å². The topological polar surface area (TPSA) is 48.5 Å². The smallest absolute Gasteiger partial charge is 0.226 e. The van der Waals surface area contributed by atoms with Gasteiger partial charge in [0.25, 0.3) is 0 Å². The number of benzene rings is 2. The third-order valence-corrected chi connectivity index (χ3v) is 6.44. The van der Waals surface area contributed by atoms with Gasteiger partial charge in [0, 0.05) is 43.3 Å². The summed E-state index contributed by atoms with van der Waals surface area (Å²) in [5, 5.41) is 4.40. The number of halogens is 2. The van der Waals surface area contributed by atoms with Gasteiger partial charge in [0.15, 0.2) is 5.13 Å². The van der Waals surface area contributed by atoms with Crippen molar-refractivity contribution in [2.75, 3.05) is 42.9 Å². The van der Waals surface area contributed by atoms with Crippen molar-refractivity contribution < 1.29 is 4.79 Å². The van der Waals surface area contributed by atoms with Gasteiger partial charge in [-0.1, -0.05) is 35.1 Å². The fourth-order valence-electron chi connectivity index (χ4n) is 3.61. The van der Waals surface area contributed by atoms with Gasteiger partial charge in [-0.15, -0.1) is 12.4 Å². The number of piperazine rings is 1. The molecule has 160 valence electrons. The Labute approximate surface area is 192 Å². The minimum atomic E-state index is 0. The molecule has 0 radical (unpaired) electrons. The molecule has 2 heterocycles. The molecule has 1 aromatic heterocycles. The first-order valence-corrected chi connectivity index (χ1v) is 11.3. The number of unbranched alkanes of at least 4 members (excludes halogenated alkanes) is 1. The minimum absolute atomic E-state index is 0. The van der Waals surface area contributed by atoms with E-state index >= 15 is 0 Å². The van der Waals surface area contributed by atoms with Crippen LogP contribution in [0.3, 0.4) is 0 Å². The average Bonchev–Trinajstić information content (AvgIpc) is 3.14. The van der Waals surface area contributed by atoms with Gasteiger partial charge in [0.2, 0.25) is 5.91 Å². The molecule has 1 amide bonds. The highest BCUT2D eigenvalue weighted by Gasteiger charge is 2.17. The molecule has 1 N–H and O–H groups in total. The molecule has 0 aliphatic carbocycles. The number of rotatable bonds is 7. The average molecular weight is 465 g/mol. The van der Waals surface area contributed by atoms with Crippen molar-refractivity contribution in [1.82, 2.24) is 9.88 Å². The van der Waals surface area contributed by atoms with Crippen LogP contribution in [-0.4, -0.2) is 48.5 Å². The molecule has 1 saturated heterocycles. The van der Waals surface area contributed by atoms with Crippen molar-refractivity contribution in [3.05, 3.63) is 53.6 Å². The van der Waals surface area contributed by atoms with Crippen LogP contribution in [0.25, 0.3) is 10.2 Å². The summed E-state index contributed by atoms with van der Waals surface area (Å²) in [5.41, 5.74) is 2.17. The molecular formula is C22H26Cl2N4OS. The zero-order valence-corrected chi connectivity index (χ0v) is 19.1. The van der Waals surface area contributed by atoms with Crippen molar-refractivity contribution in [1.29, 1.82) is 0 Å². The van der Waals surface area contributed by atoms with E-state index in [2.05, 4.69) is 32.2 Å². The number of para-hydroxylation sites is 1. The second kappa shape index (κ2) is 11.0. The summed E-state index contributed by atoms with van der Waals surface area (Å²) in [6, 6.07) is 16.0. The largest absolute Gasteiger partial charge is 0.369 e. The number of nitrogens with zero attached hydrogens (tertiary/aromatic N) is 3. The third-order valence-electron chi connectivity index (χ3n) is 5.23. The Bertz CT molecular complexity index is 922. The molecule has 2 aromatic carbocycles. The number of aromatic nitrogens is 1. The number of hydrogen-bond donors (Lipinski definition) is 1. The van der Waals surface area contributed by atoms with Gasteiger partial charge in [-0.05, 0) is 55.8 Å². The first-order valence-electron chi connectivity index (χ1n) is 10.1. The highest BCUT2D eigenvalue weighted by atomic mass is 35.5. The first-order chi connectivity index (χ1) is 14.2. The Hall–Kier alpha value is -1.86. The minimum Gasteiger partial charge on any atom is -0.369 e. The Morgan fingerprint density at radius 2 is 1.77 bits per heavy atom. The van der Waals surface area contributed by atoms with Crippen LogP contribution in [0.5, 0.6) is 0 Å². The molecule has 1 aliphatic heterocycles. The standard InChI is InChI=1S/C22H25ClN4OS.ClH/c23-17-8-10-18(11-9-17)27-15-13-26(14-16-27)12-4-3-7-21(28)25-22-24-19-5-1-2-6-20(19)29-22;/h1-2,5-6,8-11H,3-4,7,12-16H2,(H,24,25,28);1H. The number of fused-ring (bicyclic) bond motifs is 1. The highest BCUT2D eigenvalue weighted by molar-refractivity contribution is 7.22. The van der Waals surface area contributed by atoms with Crippen LogP contribution < -0.4 is 10.2 Å². The van der Waals surface area contributed by atoms with Crippen molar-refractivity contribution in [2.24, 2.45) is 0 Å². The van der Waals surface area contributed by atoms with Gasteiger partial charge in [-0.25, -0.2) is 4.98 Å². The van der Waals surface area contributed by atoms with E-state index in [4.69, 9.17) is 11.6 Å². The molecular weight excluding hydrogens is 439 g/mol. The maximum absolute atomic E-state index is 12.2. The van der Waals surface area contributed by atoms with Gasteiger partial charge < -0.3 is 10.2 Å². The molecule has 30 heavy (non-hydrogen) atoms. The van der Waals surface area contributed by atoms with Crippen LogP contribution in [0.15, 0.2) is 48.5 Å². The molecule has 0 bridgehead atoms. The lowest BCUT2D eigenvalue weighted by Crippen LogP contribution is -2.46. The second-order valence-corrected chi connectivity index (χ2v) is 8.76. The molecule has 1 aliphatic rings. The predicted octanol–water partition coefficient (Wildman–Crippen LogP) is 5.30. The van der Waals surface area contributed by atoms with E-state index in [9.17, 15) is 4.79 Å². The van der Waals surface area contributed by atoms with E-state index < -0.39 is 0 Å². The number of thiazole rings is 1. The number of carbonyl (C=O) groups is 1. The summed E-state index contributed by atoms with van der Waals surface area (Å²) in [6.07, 6.45) is 2.48. The number of amides is 1. The van der Waals surface area contributed by atoms with Crippen molar-refractivity contribution in [2.45, 2.75) is 19.3 Å². The zero-order chi connectivity index (χ0) is 20.1. The van der Waals surface area contributed by atoms with Crippen LogP contribution in [0.1, 0.15) is 19.3 Å². The molecule has 4 rings (SSSR count). The Morgan fingerprint density at radius 3 is 2.50 bits per heavy atom. The Morgan fingerprint density at radius 1 is 1.03 bits per heavy atom.